The Morgan fingerprint density at radius 2 is 1.89 bits per heavy atom. The van der Waals surface area contributed by atoms with Crippen LogP contribution in [0, 0.1) is 5.41 Å². The second-order valence-corrected chi connectivity index (χ2v) is 4.87. The lowest BCUT2D eigenvalue weighted by Crippen LogP contribution is -2.29. The van der Waals surface area contributed by atoms with Gasteiger partial charge in [-0.3, -0.25) is 0 Å². The third kappa shape index (κ3) is 4.95. The molecule has 0 aromatic heterocycles. The van der Waals surface area contributed by atoms with E-state index in [2.05, 4.69) is 18.8 Å². The van der Waals surface area contributed by atoms with Gasteiger partial charge in [-0.15, -0.1) is 6.58 Å². The molecular formula is C16H25NO2. The van der Waals surface area contributed by atoms with Crippen molar-refractivity contribution in [3.8, 4) is 11.5 Å². The van der Waals surface area contributed by atoms with Gasteiger partial charge >= 0.3 is 0 Å². The lowest BCUT2D eigenvalue weighted by molar-refractivity contribution is 0.233. The summed E-state index contributed by atoms with van der Waals surface area (Å²) in [4.78, 5) is 0. The molecule has 1 aromatic rings. The molecule has 106 valence electrons. The third-order valence-corrected chi connectivity index (χ3v) is 3.15. The van der Waals surface area contributed by atoms with Gasteiger partial charge in [-0.1, -0.05) is 25.1 Å². The van der Waals surface area contributed by atoms with E-state index >= 15 is 0 Å². The largest absolute Gasteiger partial charge is 0.490 e. The summed E-state index contributed by atoms with van der Waals surface area (Å²) in [5.74, 6) is 1.61. The Labute approximate surface area is 116 Å². The Morgan fingerprint density at radius 1 is 1.26 bits per heavy atom. The number of nitrogens with one attached hydrogen (secondary N) is 1. The highest BCUT2D eigenvalue weighted by Crippen LogP contribution is 2.28. The van der Waals surface area contributed by atoms with Crippen LogP contribution in [-0.2, 0) is 0 Å². The molecular weight excluding hydrogens is 238 g/mol. The lowest BCUT2D eigenvalue weighted by atomic mass is 9.87. The fourth-order valence-electron chi connectivity index (χ4n) is 1.90. The van der Waals surface area contributed by atoms with Crippen molar-refractivity contribution < 1.29 is 9.47 Å². The van der Waals surface area contributed by atoms with Gasteiger partial charge in [0.05, 0.1) is 13.2 Å². The maximum Gasteiger partial charge on any atom is 0.161 e. The van der Waals surface area contributed by atoms with Crippen molar-refractivity contribution >= 4 is 0 Å². The first-order valence-corrected chi connectivity index (χ1v) is 6.78. The van der Waals surface area contributed by atoms with Crippen LogP contribution < -0.4 is 14.8 Å². The van der Waals surface area contributed by atoms with Gasteiger partial charge in [0.2, 0.25) is 0 Å². The molecule has 3 heteroatoms. The number of rotatable bonds is 9. The van der Waals surface area contributed by atoms with Gasteiger partial charge in [-0.2, -0.15) is 0 Å². The predicted molar refractivity (Wildman–Crippen MR) is 80.0 cm³/mol. The van der Waals surface area contributed by atoms with Gasteiger partial charge < -0.3 is 14.8 Å². The fourth-order valence-corrected chi connectivity index (χ4v) is 1.90. The van der Waals surface area contributed by atoms with Crippen LogP contribution in [0.4, 0.5) is 0 Å². The van der Waals surface area contributed by atoms with Crippen molar-refractivity contribution in [2.45, 2.75) is 20.3 Å². The summed E-state index contributed by atoms with van der Waals surface area (Å²) < 4.78 is 11.4. The zero-order valence-corrected chi connectivity index (χ0v) is 12.2. The molecule has 0 aliphatic carbocycles. The minimum Gasteiger partial charge on any atom is -0.490 e. The van der Waals surface area contributed by atoms with Crippen molar-refractivity contribution in [3.05, 3.63) is 36.9 Å². The summed E-state index contributed by atoms with van der Waals surface area (Å²) in [7, 11) is 1.95. The highest BCUT2D eigenvalue weighted by molar-refractivity contribution is 5.39. The molecule has 1 N–H and O–H groups in total. The third-order valence-electron chi connectivity index (χ3n) is 3.15. The summed E-state index contributed by atoms with van der Waals surface area (Å²) in [6, 6.07) is 7.78. The van der Waals surface area contributed by atoms with Crippen LogP contribution in [-0.4, -0.2) is 26.8 Å². The molecule has 0 spiro atoms. The van der Waals surface area contributed by atoms with Crippen LogP contribution in [0.25, 0.3) is 0 Å². The molecule has 0 amide bonds. The summed E-state index contributed by atoms with van der Waals surface area (Å²) in [5, 5.41) is 3.19. The minimum absolute atomic E-state index is 0.0509. The molecule has 1 aromatic carbocycles. The van der Waals surface area contributed by atoms with Crippen LogP contribution in [0.5, 0.6) is 11.5 Å². The topological polar surface area (TPSA) is 30.5 Å². The van der Waals surface area contributed by atoms with Crippen molar-refractivity contribution in [1.82, 2.24) is 5.32 Å². The number of benzene rings is 1. The first-order chi connectivity index (χ1) is 9.15. The second-order valence-electron chi connectivity index (χ2n) is 4.87. The molecule has 0 heterocycles. The van der Waals surface area contributed by atoms with E-state index in [0.29, 0.717) is 13.2 Å². The molecule has 1 atom stereocenters. The molecule has 0 bridgehead atoms. The molecule has 19 heavy (non-hydrogen) atoms. The van der Waals surface area contributed by atoms with E-state index in [1.54, 1.807) is 0 Å². The molecule has 1 rings (SSSR count). The van der Waals surface area contributed by atoms with Crippen LogP contribution in [0.3, 0.4) is 0 Å². The van der Waals surface area contributed by atoms with Crippen LogP contribution in [0.15, 0.2) is 36.9 Å². The normalized spacial score (nSPS) is 13.6. The van der Waals surface area contributed by atoms with Gasteiger partial charge in [-0.25, -0.2) is 0 Å². The Bertz CT molecular complexity index is 392. The highest BCUT2D eigenvalue weighted by atomic mass is 16.5. The lowest BCUT2D eigenvalue weighted by Gasteiger charge is -2.25. The Balaban J connectivity index is 2.55. The Kier molecular flexibility index (Phi) is 6.43. The predicted octanol–water partition coefficient (Wildman–Crippen LogP) is 3.27. The smallest absolute Gasteiger partial charge is 0.161 e. The van der Waals surface area contributed by atoms with Gasteiger partial charge in [0, 0.05) is 12.0 Å². The van der Waals surface area contributed by atoms with E-state index in [1.165, 1.54) is 0 Å². The first kappa shape index (κ1) is 15.6. The molecule has 3 nitrogen and oxygen atoms in total. The molecule has 0 aliphatic rings. The van der Waals surface area contributed by atoms with Crippen LogP contribution >= 0.6 is 0 Å². The Hall–Kier alpha value is -1.48. The molecule has 0 saturated carbocycles. The molecule has 0 aliphatic heterocycles. The Morgan fingerprint density at radius 3 is 2.42 bits per heavy atom. The summed E-state index contributed by atoms with van der Waals surface area (Å²) in [6.45, 7) is 10.2. The SMILES string of the molecule is C=CC(C)(CCOc1ccccc1OCC)CNC. The molecule has 0 saturated heterocycles. The molecule has 0 fully saturated rings. The van der Waals surface area contributed by atoms with E-state index in [-0.39, 0.29) is 5.41 Å². The molecule has 1 unspecified atom stereocenters. The standard InChI is InChI=1S/C16H25NO2/c1-5-16(3,13-17-4)11-12-19-15-10-8-7-9-14(15)18-6-2/h5,7-10,17H,1,6,11-13H2,2-4H3. The minimum atomic E-state index is 0.0509. The van der Waals surface area contributed by atoms with E-state index in [1.807, 2.05) is 44.3 Å². The van der Waals surface area contributed by atoms with Crippen molar-refractivity contribution in [2.24, 2.45) is 5.41 Å². The number of hydrogen-bond acceptors (Lipinski definition) is 3. The average Bonchev–Trinajstić information content (AvgIpc) is 2.41. The number of ether oxygens (including phenoxy) is 2. The van der Waals surface area contributed by atoms with Gasteiger partial charge in [0.1, 0.15) is 0 Å². The second kappa shape index (κ2) is 7.85. The zero-order valence-electron chi connectivity index (χ0n) is 12.2. The van der Waals surface area contributed by atoms with Crippen LogP contribution in [0.1, 0.15) is 20.3 Å². The summed E-state index contributed by atoms with van der Waals surface area (Å²) in [6.07, 6.45) is 2.90. The number of para-hydroxylation sites is 2. The van der Waals surface area contributed by atoms with Gasteiger partial charge in [0.15, 0.2) is 11.5 Å². The zero-order chi connectivity index (χ0) is 14.1. The maximum atomic E-state index is 5.83. The van der Waals surface area contributed by atoms with Gasteiger partial charge in [-0.05, 0) is 32.5 Å². The maximum absolute atomic E-state index is 5.83. The van der Waals surface area contributed by atoms with E-state index in [4.69, 9.17) is 9.47 Å². The summed E-state index contributed by atoms with van der Waals surface area (Å²) in [5.41, 5.74) is 0.0509. The quantitative estimate of drug-likeness (QED) is 0.694. The van der Waals surface area contributed by atoms with E-state index in [9.17, 15) is 0 Å². The van der Waals surface area contributed by atoms with E-state index < -0.39 is 0 Å². The summed E-state index contributed by atoms with van der Waals surface area (Å²) >= 11 is 0. The highest BCUT2D eigenvalue weighted by Gasteiger charge is 2.19. The fraction of sp³-hybridized carbons (Fsp3) is 0.500. The van der Waals surface area contributed by atoms with E-state index in [0.717, 1.165) is 24.5 Å². The average molecular weight is 263 g/mol. The molecule has 0 radical (unpaired) electrons. The monoisotopic (exact) mass is 263 g/mol. The van der Waals surface area contributed by atoms with Crippen molar-refractivity contribution in [3.63, 3.8) is 0 Å². The van der Waals surface area contributed by atoms with Crippen molar-refractivity contribution in [2.75, 3.05) is 26.8 Å². The van der Waals surface area contributed by atoms with Crippen molar-refractivity contribution in [1.29, 1.82) is 0 Å². The number of hydrogen-bond donors (Lipinski definition) is 1. The van der Waals surface area contributed by atoms with Gasteiger partial charge in [0.25, 0.3) is 0 Å². The van der Waals surface area contributed by atoms with Crippen LogP contribution in [0.2, 0.25) is 0 Å². The first-order valence-electron chi connectivity index (χ1n) is 6.78.